The van der Waals surface area contributed by atoms with Crippen LogP contribution in [0.1, 0.15) is 45.2 Å². The van der Waals surface area contributed by atoms with Crippen LogP contribution in [0.15, 0.2) is 102 Å². The van der Waals surface area contributed by atoms with Gasteiger partial charge in [0.05, 0.1) is 22.2 Å². The van der Waals surface area contributed by atoms with E-state index in [1.54, 1.807) is 6.07 Å². The average molecular weight is 521 g/mol. The molecule has 0 unspecified atom stereocenters. The number of hydrogen-bond donors (Lipinski definition) is 1. The van der Waals surface area contributed by atoms with Crippen LogP contribution < -0.4 is 5.56 Å². The molecule has 1 aromatic heterocycles. The van der Waals surface area contributed by atoms with E-state index in [0.29, 0.717) is 11.1 Å². The summed E-state index contributed by atoms with van der Waals surface area (Å²) in [6.07, 6.45) is 13.1. The molecule has 0 aliphatic heterocycles. The summed E-state index contributed by atoms with van der Waals surface area (Å²) in [4.78, 5) is 22.0. The van der Waals surface area contributed by atoms with E-state index >= 15 is 0 Å². The van der Waals surface area contributed by atoms with Crippen molar-refractivity contribution in [3.05, 3.63) is 134 Å². The van der Waals surface area contributed by atoms with E-state index in [-0.39, 0.29) is 22.9 Å². The summed E-state index contributed by atoms with van der Waals surface area (Å²) in [6, 6.07) is 17.4. The molecule has 0 saturated heterocycles. The van der Waals surface area contributed by atoms with Crippen molar-refractivity contribution in [3.8, 4) is 5.69 Å². The van der Waals surface area contributed by atoms with Gasteiger partial charge in [0, 0.05) is 23.9 Å². The van der Waals surface area contributed by atoms with Gasteiger partial charge in [-0.2, -0.15) is 0 Å². The van der Waals surface area contributed by atoms with Crippen LogP contribution in [0.25, 0.3) is 11.3 Å². The normalized spacial score (nSPS) is 12.3. The van der Waals surface area contributed by atoms with Gasteiger partial charge in [-0.25, -0.2) is 0 Å². The quantitative estimate of drug-likeness (QED) is 0.284. The minimum absolute atomic E-state index is 0.0892. The SMILES string of the molecule is C1=CC=C(c2ccccc2)CC=C1.CC(C)(C)C.O=c1c(CO)cccn1-c1ccc([N+](=O)[O-])cc1Cl. The number of aromatic nitrogens is 1. The van der Waals surface area contributed by atoms with Crippen LogP contribution in [0, 0.1) is 15.5 Å². The summed E-state index contributed by atoms with van der Waals surface area (Å²) >= 11 is 5.95. The van der Waals surface area contributed by atoms with Crippen LogP contribution in [-0.4, -0.2) is 14.6 Å². The third kappa shape index (κ3) is 10.0. The second-order valence-electron chi connectivity index (χ2n) is 9.83. The van der Waals surface area contributed by atoms with Gasteiger partial charge in [0.15, 0.2) is 0 Å². The first-order valence-electron chi connectivity index (χ1n) is 11.8. The number of aliphatic hydroxyl groups is 1. The Labute approximate surface area is 223 Å². The zero-order valence-corrected chi connectivity index (χ0v) is 22.4. The van der Waals surface area contributed by atoms with Crippen molar-refractivity contribution < 1.29 is 10.0 Å². The smallest absolute Gasteiger partial charge is 0.271 e. The summed E-state index contributed by atoms with van der Waals surface area (Å²) in [5.74, 6) is 0. The zero-order chi connectivity index (χ0) is 27.4. The molecular formula is C30H33ClN2O4. The topological polar surface area (TPSA) is 85.4 Å². The van der Waals surface area contributed by atoms with E-state index in [1.807, 2.05) is 6.07 Å². The van der Waals surface area contributed by atoms with Gasteiger partial charge in [0.1, 0.15) is 0 Å². The number of pyridine rings is 1. The first kappa shape index (κ1) is 29.5. The monoisotopic (exact) mass is 520 g/mol. The molecule has 0 amide bonds. The maximum absolute atomic E-state index is 12.0. The molecule has 0 saturated carbocycles. The number of rotatable bonds is 4. The van der Waals surface area contributed by atoms with Gasteiger partial charge >= 0.3 is 0 Å². The molecule has 2 aromatic carbocycles. The van der Waals surface area contributed by atoms with Crippen LogP contribution in [0.2, 0.25) is 5.02 Å². The Morgan fingerprint density at radius 1 is 1.00 bits per heavy atom. The van der Waals surface area contributed by atoms with Gasteiger partial charge in [0.2, 0.25) is 0 Å². The van der Waals surface area contributed by atoms with E-state index in [4.69, 9.17) is 16.7 Å². The highest BCUT2D eigenvalue weighted by Gasteiger charge is 2.12. The fourth-order valence-corrected chi connectivity index (χ4v) is 3.36. The lowest BCUT2D eigenvalue weighted by Crippen LogP contribution is -2.21. The average Bonchev–Trinajstić information content (AvgIpc) is 3.14. The molecule has 0 fully saturated rings. The molecule has 1 aliphatic carbocycles. The molecule has 37 heavy (non-hydrogen) atoms. The van der Waals surface area contributed by atoms with Crippen molar-refractivity contribution in [2.24, 2.45) is 5.41 Å². The van der Waals surface area contributed by atoms with Crippen LogP contribution in [-0.2, 0) is 6.61 Å². The van der Waals surface area contributed by atoms with Crippen molar-refractivity contribution in [2.75, 3.05) is 0 Å². The largest absolute Gasteiger partial charge is 0.391 e. The second kappa shape index (κ2) is 14.1. The highest BCUT2D eigenvalue weighted by molar-refractivity contribution is 6.32. The van der Waals surface area contributed by atoms with E-state index in [9.17, 15) is 14.9 Å². The van der Waals surface area contributed by atoms with Gasteiger partial charge in [-0.3, -0.25) is 19.5 Å². The Bertz CT molecular complexity index is 1330. The van der Waals surface area contributed by atoms with Gasteiger partial charge in [-0.15, -0.1) is 0 Å². The molecule has 3 aromatic rings. The van der Waals surface area contributed by atoms with Crippen molar-refractivity contribution >= 4 is 22.9 Å². The van der Waals surface area contributed by atoms with Crippen LogP contribution in [0.3, 0.4) is 0 Å². The highest BCUT2D eigenvalue weighted by Crippen LogP contribution is 2.24. The Hall–Kier alpha value is -3.74. The van der Waals surface area contributed by atoms with E-state index in [0.717, 1.165) is 6.42 Å². The lowest BCUT2D eigenvalue weighted by molar-refractivity contribution is -0.384. The first-order valence-corrected chi connectivity index (χ1v) is 12.2. The fourth-order valence-electron chi connectivity index (χ4n) is 3.10. The summed E-state index contributed by atoms with van der Waals surface area (Å²) in [6.45, 7) is 8.37. The molecule has 1 N–H and O–H groups in total. The van der Waals surface area contributed by atoms with Gasteiger partial charge in [-0.1, -0.05) is 100 Å². The lowest BCUT2D eigenvalue weighted by atomic mass is 10.0. The molecule has 1 heterocycles. The molecule has 0 radical (unpaired) electrons. The summed E-state index contributed by atoms with van der Waals surface area (Å²) in [5.41, 5.74) is 3.18. The minimum Gasteiger partial charge on any atom is -0.391 e. The van der Waals surface area contributed by atoms with Crippen LogP contribution in [0.4, 0.5) is 5.69 Å². The van der Waals surface area contributed by atoms with Crippen molar-refractivity contribution in [1.29, 1.82) is 0 Å². The number of nitro benzene ring substituents is 1. The Kier molecular flexibility index (Phi) is 11.2. The Morgan fingerprint density at radius 2 is 1.68 bits per heavy atom. The molecular weight excluding hydrogens is 488 g/mol. The van der Waals surface area contributed by atoms with Crippen molar-refractivity contribution in [3.63, 3.8) is 0 Å². The fraction of sp³-hybridized carbons (Fsp3) is 0.233. The molecule has 0 atom stereocenters. The van der Waals surface area contributed by atoms with Crippen molar-refractivity contribution in [2.45, 2.75) is 40.7 Å². The summed E-state index contributed by atoms with van der Waals surface area (Å²) < 4.78 is 1.23. The molecule has 7 heteroatoms. The molecule has 194 valence electrons. The van der Waals surface area contributed by atoms with E-state index < -0.39 is 10.5 Å². The van der Waals surface area contributed by atoms with E-state index in [2.05, 4.69) is 82.3 Å². The molecule has 0 spiro atoms. The number of aliphatic hydroxyl groups excluding tert-OH is 1. The first-order chi connectivity index (χ1) is 17.5. The Balaban J connectivity index is 0.000000230. The van der Waals surface area contributed by atoms with Gasteiger partial charge in [-0.05, 0) is 41.2 Å². The standard InChI is InChI=1S/C13H12.C12H9ClN2O4.C5H12/c1-2-5-9-12(8-4-1)13-10-6-3-7-11-13;13-10-6-9(15(18)19)3-4-11(10)14-5-1-2-8(7-16)12(14)17;1-5(2,3)4/h1-8,10-11H,9H2;1-6,16H,7H2;1-4H3. The highest BCUT2D eigenvalue weighted by atomic mass is 35.5. The maximum atomic E-state index is 12.0. The number of nitrogens with zero attached hydrogens (tertiary/aromatic N) is 2. The number of halogens is 1. The van der Waals surface area contributed by atoms with Crippen molar-refractivity contribution in [1.82, 2.24) is 4.57 Å². The number of allylic oxidation sites excluding steroid dienone is 6. The molecule has 6 nitrogen and oxygen atoms in total. The summed E-state index contributed by atoms with van der Waals surface area (Å²) in [5, 5.41) is 19.7. The Morgan fingerprint density at radius 3 is 2.27 bits per heavy atom. The molecule has 0 bridgehead atoms. The van der Waals surface area contributed by atoms with Crippen LogP contribution in [0.5, 0.6) is 0 Å². The third-order valence-corrected chi connectivity index (χ3v) is 5.04. The number of benzene rings is 2. The zero-order valence-electron chi connectivity index (χ0n) is 21.6. The maximum Gasteiger partial charge on any atom is 0.271 e. The third-order valence-electron chi connectivity index (χ3n) is 4.74. The number of hydrogen-bond acceptors (Lipinski definition) is 4. The number of non-ortho nitro benzene ring substituents is 1. The van der Waals surface area contributed by atoms with Crippen LogP contribution >= 0.6 is 11.6 Å². The number of nitro groups is 1. The second-order valence-corrected chi connectivity index (χ2v) is 10.2. The predicted octanol–water partition coefficient (Wildman–Crippen LogP) is 7.53. The van der Waals surface area contributed by atoms with Gasteiger partial charge in [0.25, 0.3) is 11.2 Å². The molecule has 1 aliphatic rings. The molecule has 4 rings (SSSR count). The predicted molar refractivity (Wildman–Crippen MR) is 152 cm³/mol. The van der Waals surface area contributed by atoms with Gasteiger partial charge < -0.3 is 5.11 Å². The summed E-state index contributed by atoms with van der Waals surface area (Å²) in [7, 11) is 0. The minimum atomic E-state index is -0.567. The van der Waals surface area contributed by atoms with E-state index in [1.165, 1.54) is 46.2 Å². The lowest BCUT2D eigenvalue weighted by Gasteiger charge is -2.08.